The molecule has 2 aromatic rings. The predicted molar refractivity (Wildman–Crippen MR) is 71.7 cm³/mol. The van der Waals surface area contributed by atoms with Gasteiger partial charge in [0, 0.05) is 11.1 Å². The molecule has 2 aromatic carbocycles. The highest BCUT2D eigenvalue weighted by Gasteiger charge is 2.04. The van der Waals surface area contributed by atoms with Crippen molar-refractivity contribution in [1.29, 1.82) is 0 Å². The Bertz CT molecular complexity index is 581. The summed E-state index contributed by atoms with van der Waals surface area (Å²) in [6, 6.07) is 14.3. The van der Waals surface area contributed by atoms with Crippen molar-refractivity contribution in [2.45, 2.75) is 13.2 Å². The van der Waals surface area contributed by atoms with E-state index in [4.69, 9.17) is 10.5 Å². The topological polar surface area (TPSA) is 72.6 Å². The third-order valence-electron chi connectivity index (χ3n) is 2.75. The van der Waals surface area contributed by atoms with Gasteiger partial charge in [-0.05, 0) is 23.8 Å². The highest BCUT2D eigenvalue weighted by molar-refractivity contribution is 5.92. The van der Waals surface area contributed by atoms with Crippen LogP contribution in [0.5, 0.6) is 5.75 Å². The van der Waals surface area contributed by atoms with Crippen LogP contribution >= 0.6 is 0 Å². The molecule has 0 saturated heterocycles. The first-order valence-electron chi connectivity index (χ1n) is 5.91. The summed E-state index contributed by atoms with van der Waals surface area (Å²) in [6.07, 6.45) is 0. The smallest absolute Gasteiger partial charge is 0.248 e. The number of hydrogen-bond acceptors (Lipinski definition) is 3. The molecule has 4 nitrogen and oxygen atoms in total. The van der Waals surface area contributed by atoms with E-state index < -0.39 is 5.91 Å². The van der Waals surface area contributed by atoms with Crippen molar-refractivity contribution in [2.24, 2.45) is 5.73 Å². The van der Waals surface area contributed by atoms with Crippen molar-refractivity contribution in [2.75, 3.05) is 0 Å². The molecule has 98 valence electrons. The number of amides is 1. The molecule has 3 N–H and O–H groups in total. The fourth-order valence-corrected chi connectivity index (χ4v) is 1.75. The van der Waals surface area contributed by atoms with Gasteiger partial charge in [-0.15, -0.1) is 0 Å². The average Bonchev–Trinajstić information content (AvgIpc) is 2.45. The fraction of sp³-hybridized carbons (Fsp3) is 0.133. The van der Waals surface area contributed by atoms with Crippen molar-refractivity contribution in [3.63, 3.8) is 0 Å². The Hall–Kier alpha value is -2.33. The van der Waals surface area contributed by atoms with E-state index in [2.05, 4.69) is 0 Å². The van der Waals surface area contributed by atoms with Crippen molar-refractivity contribution < 1.29 is 14.6 Å². The first-order valence-corrected chi connectivity index (χ1v) is 5.91. The van der Waals surface area contributed by atoms with Gasteiger partial charge in [-0.2, -0.15) is 0 Å². The molecule has 0 fully saturated rings. The summed E-state index contributed by atoms with van der Waals surface area (Å²) in [5, 5.41) is 9.19. The SMILES string of the molecule is NC(=O)c1cccc(COc2ccccc2CO)c1. The zero-order valence-electron chi connectivity index (χ0n) is 10.4. The second-order valence-corrected chi connectivity index (χ2v) is 4.12. The molecule has 0 radical (unpaired) electrons. The first-order chi connectivity index (χ1) is 9.20. The number of hydrogen-bond donors (Lipinski definition) is 2. The van der Waals surface area contributed by atoms with Crippen LogP contribution in [0.3, 0.4) is 0 Å². The average molecular weight is 257 g/mol. The van der Waals surface area contributed by atoms with Gasteiger partial charge in [-0.1, -0.05) is 30.3 Å². The number of ether oxygens (including phenoxy) is 1. The highest BCUT2D eigenvalue weighted by atomic mass is 16.5. The number of aliphatic hydroxyl groups excluding tert-OH is 1. The van der Waals surface area contributed by atoms with Crippen LogP contribution < -0.4 is 10.5 Å². The number of nitrogens with two attached hydrogens (primary N) is 1. The van der Waals surface area contributed by atoms with E-state index >= 15 is 0 Å². The van der Waals surface area contributed by atoms with Crippen LogP contribution in [0.15, 0.2) is 48.5 Å². The molecule has 1 amide bonds. The summed E-state index contributed by atoms with van der Waals surface area (Å²) in [5.41, 5.74) is 7.26. The zero-order valence-corrected chi connectivity index (χ0v) is 10.4. The zero-order chi connectivity index (χ0) is 13.7. The van der Waals surface area contributed by atoms with E-state index in [-0.39, 0.29) is 6.61 Å². The van der Waals surface area contributed by atoms with Crippen LogP contribution in [0.2, 0.25) is 0 Å². The van der Waals surface area contributed by atoms with Gasteiger partial charge in [0.2, 0.25) is 5.91 Å². The second kappa shape index (κ2) is 6.02. The summed E-state index contributed by atoms with van der Waals surface area (Å²) in [4.78, 5) is 11.1. The van der Waals surface area contributed by atoms with Gasteiger partial charge in [-0.3, -0.25) is 4.79 Å². The molecule has 0 unspecified atom stereocenters. The first kappa shape index (κ1) is 13.1. The van der Waals surface area contributed by atoms with Crippen LogP contribution in [0, 0.1) is 0 Å². The number of rotatable bonds is 5. The molecule has 0 aromatic heterocycles. The van der Waals surface area contributed by atoms with Crippen molar-refractivity contribution in [3.05, 3.63) is 65.2 Å². The van der Waals surface area contributed by atoms with Crippen LogP contribution in [-0.4, -0.2) is 11.0 Å². The normalized spacial score (nSPS) is 10.2. The third kappa shape index (κ3) is 3.33. The molecule has 0 spiro atoms. The van der Waals surface area contributed by atoms with Gasteiger partial charge >= 0.3 is 0 Å². The molecule has 0 bridgehead atoms. The number of aliphatic hydroxyl groups is 1. The maximum Gasteiger partial charge on any atom is 0.248 e. The van der Waals surface area contributed by atoms with Gasteiger partial charge in [-0.25, -0.2) is 0 Å². The van der Waals surface area contributed by atoms with Crippen LogP contribution in [-0.2, 0) is 13.2 Å². The quantitative estimate of drug-likeness (QED) is 0.858. The molecule has 19 heavy (non-hydrogen) atoms. The summed E-state index contributed by atoms with van der Waals surface area (Å²) < 4.78 is 5.64. The fourth-order valence-electron chi connectivity index (χ4n) is 1.75. The standard InChI is InChI=1S/C15H15NO3/c16-15(18)12-6-3-4-11(8-12)10-19-14-7-2-1-5-13(14)9-17/h1-8,17H,9-10H2,(H2,16,18). The molecular weight excluding hydrogens is 242 g/mol. The molecule has 0 aliphatic carbocycles. The van der Waals surface area contributed by atoms with E-state index in [1.54, 1.807) is 30.3 Å². The molecule has 0 aliphatic heterocycles. The lowest BCUT2D eigenvalue weighted by Gasteiger charge is -2.10. The molecule has 0 heterocycles. The Labute approximate surface area is 111 Å². The molecule has 0 aliphatic rings. The number of benzene rings is 2. The van der Waals surface area contributed by atoms with Crippen molar-refractivity contribution >= 4 is 5.91 Å². The minimum atomic E-state index is -0.461. The van der Waals surface area contributed by atoms with E-state index in [0.717, 1.165) is 11.1 Å². The molecule has 4 heteroatoms. The monoisotopic (exact) mass is 257 g/mol. The van der Waals surface area contributed by atoms with Gasteiger partial charge in [0.1, 0.15) is 12.4 Å². The van der Waals surface area contributed by atoms with Crippen LogP contribution in [0.1, 0.15) is 21.5 Å². The van der Waals surface area contributed by atoms with Gasteiger partial charge < -0.3 is 15.6 Å². The largest absolute Gasteiger partial charge is 0.489 e. The Morgan fingerprint density at radius 1 is 1.16 bits per heavy atom. The van der Waals surface area contributed by atoms with Crippen molar-refractivity contribution in [3.8, 4) is 5.75 Å². The minimum Gasteiger partial charge on any atom is -0.489 e. The van der Waals surface area contributed by atoms with E-state index in [1.807, 2.05) is 18.2 Å². The molecular formula is C15H15NO3. The summed E-state index contributed by atoms with van der Waals surface area (Å²) in [5.74, 6) is 0.173. The molecule has 0 saturated carbocycles. The lowest BCUT2D eigenvalue weighted by Crippen LogP contribution is -2.11. The third-order valence-corrected chi connectivity index (χ3v) is 2.75. The minimum absolute atomic E-state index is 0.0719. The number of carbonyl (C=O) groups excluding carboxylic acids is 1. The summed E-state index contributed by atoms with van der Waals surface area (Å²) >= 11 is 0. The van der Waals surface area contributed by atoms with E-state index in [0.29, 0.717) is 17.9 Å². The Balaban J connectivity index is 2.10. The lowest BCUT2D eigenvalue weighted by molar-refractivity contribution is 0.1000. The van der Waals surface area contributed by atoms with Gasteiger partial charge in [0.25, 0.3) is 0 Å². The van der Waals surface area contributed by atoms with Gasteiger partial charge in [0.05, 0.1) is 6.61 Å². The van der Waals surface area contributed by atoms with E-state index in [1.165, 1.54) is 0 Å². The molecule has 2 rings (SSSR count). The summed E-state index contributed by atoms with van der Waals surface area (Å²) in [6.45, 7) is 0.246. The Kier molecular flexibility index (Phi) is 4.15. The maximum absolute atomic E-state index is 11.1. The van der Waals surface area contributed by atoms with Gasteiger partial charge in [0.15, 0.2) is 0 Å². The van der Waals surface area contributed by atoms with Crippen molar-refractivity contribution in [1.82, 2.24) is 0 Å². The summed E-state index contributed by atoms with van der Waals surface area (Å²) in [7, 11) is 0. The highest BCUT2D eigenvalue weighted by Crippen LogP contribution is 2.19. The lowest BCUT2D eigenvalue weighted by atomic mass is 10.1. The Morgan fingerprint density at radius 2 is 1.95 bits per heavy atom. The number of carbonyl (C=O) groups is 1. The second-order valence-electron chi connectivity index (χ2n) is 4.12. The maximum atomic E-state index is 11.1. The van der Waals surface area contributed by atoms with E-state index in [9.17, 15) is 9.90 Å². The van der Waals surface area contributed by atoms with Crippen LogP contribution in [0.25, 0.3) is 0 Å². The predicted octanol–water partition coefficient (Wildman–Crippen LogP) is 1.86. The van der Waals surface area contributed by atoms with Crippen LogP contribution in [0.4, 0.5) is 0 Å². The Morgan fingerprint density at radius 3 is 2.68 bits per heavy atom. The number of para-hydroxylation sites is 1. The molecule has 0 atom stereocenters. The number of primary amides is 1.